The van der Waals surface area contributed by atoms with Gasteiger partial charge in [0.2, 0.25) is 0 Å². The Bertz CT molecular complexity index is 316. The van der Waals surface area contributed by atoms with Gasteiger partial charge in [-0.15, -0.1) is 11.6 Å². The Morgan fingerprint density at radius 1 is 1.19 bits per heavy atom. The first-order valence-electron chi connectivity index (χ1n) is 5.53. The predicted octanol–water partition coefficient (Wildman–Crippen LogP) is 4.41. The van der Waals surface area contributed by atoms with Gasteiger partial charge in [-0.1, -0.05) is 19.9 Å². The van der Waals surface area contributed by atoms with Crippen LogP contribution in [-0.4, -0.2) is 5.88 Å². The summed E-state index contributed by atoms with van der Waals surface area (Å²) in [5.41, 5.74) is 0.161. The molecule has 0 saturated carbocycles. The van der Waals surface area contributed by atoms with E-state index in [4.69, 9.17) is 11.6 Å². The summed E-state index contributed by atoms with van der Waals surface area (Å²) in [6.45, 7) is 4.16. The topological polar surface area (TPSA) is 0 Å². The van der Waals surface area contributed by atoms with Crippen molar-refractivity contribution in [1.82, 2.24) is 0 Å². The minimum Gasteiger partial charge on any atom is -0.207 e. The zero-order valence-corrected chi connectivity index (χ0v) is 10.4. The maximum Gasteiger partial charge on any atom is 0.129 e. The van der Waals surface area contributed by atoms with Crippen molar-refractivity contribution in [2.24, 2.45) is 11.8 Å². The average Bonchev–Trinajstić information content (AvgIpc) is 2.21. The van der Waals surface area contributed by atoms with Crippen LogP contribution in [0.15, 0.2) is 18.2 Å². The average molecular weight is 247 g/mol. The van der Waals surface area contributed by atoms with E-state index in [9.17, 15) is 8.78 Å². The predicted molar refractivity (Wildman–Crippen MR) is 63.7 cm³/mol. The molecule has 0 aliphatic rings. The second-order valence-corrected chi connectivity index (χ2v) is 4.86. The second kappa shape index (κ2) is 6.19. The standard InChI is InChI=1S/C13H17ClF2/c1-9(2)6-10(8-14)7-11-12(15)4-3-5-13(11)16/h3-5,9-10H,6-8H2,1-2H3. The highest BCUT2D eigenvalue weighted by Gasteiger charge is 2.16. The number of rotatable bonds is 5. The quantitative estimate of drug-likeness (QED) is 0.675. The molecule has 0 N–H and O–H groups in total. The molecule has 1 atom stereocenters. The van der Waals surface area contributed by atoms with Crippen LogP contribution in [0.2, 0.25) is 0 Å². The lowest BCUT2D eigenvalue weighted by atomic mass is 9.92. The molecule has 90 valence electrons. The van der Waals surface area contributed by atoms with E-state index >= 15 is 0 Å². The number of benzene rings is 1. The van der Waals surface area contributed by atoms with Crippen molar-refractivity contribution >= 4 is 11.6 Å². The molecule has 1 rings (SSSR count). The van der Waals surface area contributed by atoms with E-state index in [2.05, 4.69) is 13.8 Å². The van der Waals surface area contributed by atoms with E-state index in [0.717, 1.165) is 6.42 Å². The normalized spacial score (nSPS) is 13.1. The second-order valence-electron chi connectivity index (χ2n) is 4.55. The summed E-state index contributed by atoms with van der Waals surface area (Å²) in [7, 11) is 0. The minimum atomic E-state index is -0.473. The number of hydrogen-bond acceptors (Lipinski definition) is 0. The number of halogens is 3. The molecule has 0 radical (unpaired) electrons. The van der Waals surface area contributed by atoms with Gasteiger partial charge < -0.3 is 0 Å². The van der Waals surface area contributed by atoms with Crippen LogP contribution in [0.1, 0.15) is 25.8 Å². The molecule has 1 aromatic carbocycles. The van der Waals surface area contributed by atoms with Gasteiger partial charge in [-0.2, -0.15) is 0 Å². The first-order chi connectivity index (χ1) is 7.54. The third-order valence-electron chi connectivity index (χ3n) is 2.58. The monoisotopic (exact) mass is 246 g/mol. The van der Waals surface area contributed by atoms with Gasteiger partial charge in [0.25, 0.3) is 0 Å². The van der Waals surface area contributed by atoms with E-state index in [1.54, 1.807) is 0 Å². The zero-order chi connectivity index (χ0) is 12.1. The molecule has 16 heavy (non-hydrogen) atoms. The van der Waals surface area contributed by atoms with Gasteiger partial charge in [0.1, 0.15) is 11.6 Å². The maximum atomic E-state index is 13.4. The molecule has 0 aliphatic carbocycles. The largest absolute Gasteiger partial charge is 0.207 e. The third kappa shape index (κ3) is 3.75. The third-order valence-corrected chi connectivity index (χ3v) is 3.01. The van der Waals surface area contributed by atoms with Crippen LogP contribution in [0.3, 0.4) is 0 Å². The molecule has 0 nitrogen and oxygen atoms in total. The molecule has 1 unspecified atom stereocenters. The highest BCUT2D eigenvalue weighted by Crippen LogP contribution is 2.22. The van der Waals surface area contributed by atoms with Crippen molar-refractivity contribution in [2.45, 2.75) is 26.7 Å². The van der Waals surface area contributed by atoms with Gasteiger partial charge in [-0.25, -0.2) is 8.78 Å². The molecule has 0 amide bonds. The van der Waals surface area contributed by atoms with E-state index in [1.165, 1.54) is 18.2 Å². The Morgan fingerprint density at radius 2 is 1.75 bits per heavy atom. The summed E-state index contributed by atoms with van der Waals surface area (Å²) in [4.78, 5) is 0. The Labute approximate surface area is 101 Å². The lowest BCUT2D eigenvalue weighted by Crippen LogP contribution is -2.12. The van der Waals surface area contributed by atoms with Crippen LogP contribution in [0.5, 0.6) is 0 Å². The van der Waals surface area contributed by atoms with Crippen LogP contribution in [0, 0.1) is 23.5 Å². The summed E-state index contributed by atoms with van der Waals surface area (Å²) >= 11 is 5.82. The van der Waals surface area contributed by atoms with Crippen LogP contribution in [0.4, 0.5) is 8.78 Å². The fraction of sp³-hybridized carbons (Fsp3) is 0.538. The highest BCUT2D eigenvalue weighted by atomic mass is 35.5. The molecule has 0 aliphatic heterocycles. The molecule has 1 aromatic rings. The summed E-state index contributed by atoms with van der Waals surface area (Å²) in [6.07, 6.45) is 1.26. The maximum absolute atomic E-state index is 13.4. The van der Waals surface area contributed by atoms with Gasteiger partial charge in [-0.3, -0.25) is 0 Å². The Morgan fingerprint density at radius 3 is 2.19 bits per heavy atom. The lowest BCUT2D eigenvalue weighted by molar-refractivity contribution is 0.425. The van der Waals surface area contributed by atoms with E-state index in [0.29, 0.717) is 18.2 Å². The summed E-state index contributed by atoms with van der Waals surface area (Å²) in [5.74, 6) is 0.107. The lowest BCUT2D eigenvalue weighted by Gasteiger charge is -2.16. The molecular formula is C13H17ClF2. The van der Waals surface area contributed by atoms with Crippen LogP contribution >= 0.6 is 11.6 Å². The van der Waals surface area contributed by atoms with Gasteiger partial charge in [0.05, 0.1) is 0 Å². The van der Waals surface area contributed by atoms with Crippen LogP contribution in [-0.2, 0) is 6.42 Å². The molecule has 0 spiro atoms. The van der Waals surface area contributed by atoms with Gasteiger partial charge in [0.15, 0.2) is 0 Å². The SMILES string of the molecule is CC(C)CC(CCl)Cc1c(F)cccc1F. The van der Waals surface area contributed by atoms with Gasteiger partial charge in [-0.05, 0) is 36.8 Å². The fourth-order valence-corrected chi connectivity index (χ4v) is 2.12. The summed E-state index contributed by atoms with van der Waals surface area (Å²) < 4.78 is 26.8. The van der Waals surface area contributed by atoms with E-state index < -0.39 is 11.6 Å². The molecule has 0 saturated heterocycles. The van der Waals surface area contributed by atoms with Crippen LogP contribution in [0.25, 0.3) is 0 Å². The number of hydrogen-bond donors (Lipinski definition) is 0. The van der Waals surface area contributed by atoms with E-state index in [1.807, 2.05) is 0 Å². The Balaban J connectivity index is 2.77. The van der Waals surface area contributed by atoms with Crippen molar-refractivity contribution in [3.8, 4) is 0 Å². The molecule has 3 heteroatoms. The van der Waals surface area contributed by atoms with Crippen molar-refractivity contribution in [1.29, 1.82) is 0 Å². The molecule has 0 heterocycles. The first kappa shape index (κ1) is 13.4. The summed E-state index contributed by atoms with van der Waals surface area (Å²) in [6, 6.07) is 3.96. The minimum absolute atomic E-state index is 0.132. The van der Waals surface area contributed by atoms with E-state index in [-0.39, 0.29) is 11.5 Å². The van der Waals surface area contributed by atoms with Crippen LogP contribution < -0.4 is 0 Å². The molecule has 0 aromatic heterocycles. The van der Waals surface area contributed by atoms with Crippen molar-refractivity contribution in [2.75, 3.05) is 5.88 Å². The molecule has 0 fully saturated rings. The summed E-state index contributed by atoms with van der Waals surface area (Å²) in [5, 5.41) is 0. The van der Waals surface area contributed by atoms with Crippen molar-refractivity contribution in [3.63, 3.8) is 0 Å². The van der Waals surface area contributed by atoms with Crippen molar-refractivity contribution in [3.05, 3.63) is 35.4 Å². The Kier molecular flexibility index (Phi) is 5.20. The smallest absolute Gasteiger partial charge is 0.129 e. The molecule has 0 bridgehead atoms. The number of alkyl halides is 1. The fourth-order valence-electron chi connectivity index (χ4n) is 1.88. The zero-order valence-electron chi connectivity index (χ0n) is 9.64. The van der Waals surface area contributed by atoms with Gasteiger partial charge in [0, 0.05) is 11.4 Å². The molecular weight excluding hydrogens is 230 g/mol. The van der Waals surface area contributed by atoms with Crippen molar-refractivity contribution < 1.29 is 8.78 Å². The van der Waals surface area contributed by atoms with Gasteiger partial charge >= 0.3 is 0 Å². The highest BCUT2D eigenvalue weighted by molar-refractivity contribution is 6.18. The Hall–Kier alpha value is -0.630. The first-order valence-corrected chi connectivity index (χ1v) is 6.07.